The number of rotatable bonds is 2. The maximum absolute atomic E-state index is 4.31. The zero-order valence-electron chi connectivity index (χ0n) is 2.72. The van der Waals surface area contributed by atoms with Crippen molar-refractivity contribution in [3.8, 4) is 0 Å². The molecule has 0 aromatic carbocycles. The molecule has 0 radical (unpaired) electrons. The van der Waals surface area contributed by atoms with Crippen LogP contribution in [0.5, 0.6) is 0 Å². The molecule has 32 valence electrons. The largest absolute Gasteiger partial charge is 0.318 e. The lowest BCUT2D eigenvalue weighted by atomic mass is 10.9. The predicted octanol–water partition coefficient (Wildman–Crippen LogP) is 0.778. The second kappa shape index (κ2) is 4.66. The average molecular weight is 110 g/mol. The van der Waals surface area contributed by atoms with E-state index < -0.39 is 0 Å². The van der Waals surface area contributed by atoms with Gasteiger partial charge in [-0.3, -0.25) is 0 Å². The monoisotopic (exact) mass is 110 g/mol. The molecule has 0 unspecified atom stereocenters. The van der Waals surface area contributed by atoms with E-state index in [1.807, 2.05) is 0 Å². The van der Waals surface area contributed by atoms with Gasteiger partial charge in [-0.05, 0) is 12.9 Å². The zero-order valence-corrected chi connectivity index (χ0v) is 4.51. The molecule has 0 atom stereocenters. The molecular weight excluding hydrogens is 104 g/mol. The van der Waals surface area contributed by atoms with Crippen molar-refractivity contribution in [1.29, 1.82) is 0 Å². The summed E-state index contributed by atoms with van der Waals surface area (Å²) in [5, 5.41) is 0. The fourth-order valence-corrected chi connectivity index (χ4v) is 0.367. The first-order chi connectivity index (χ1) is 2.41. The molecule has 0 aliphatic heterocycles. The third kappa shape index (κ3) is 4.66. The maximum atomic E-state index is 4.31. The molecule has 5 heavy (non-hydrogen) atoms. The molecule has 0 N–H and O–H groups in total. The highest BCUT2D eigenvalue weighted by molar-refractivity contribution is 7.80. The van der Waals surface area contributed by atoms with E-state index in [4.69, 9.17) is 0 Å². The van der Waals surface area contributed by atoms with Gasteiger partial charge in [0.1, 0.15) is 0 Å². The molecule has 0 aliphatic rings. The van der Waals surface area contributed by atoms with Gasteiger partial charge in [0, 0.05) is 5.75 Å². The van der Waals surface area contributed by atoms with Gasteiger partial charge in [0.15, 0.2) is 0 Å². The Bertz CT molecular complexity index is 15.1. The van der Waals surface area contributed by atoms with Crippen LogP contribution in [0.15, 0.2) is 0 Å². The molecule has 0 bridgehead atoms. The van der Waals surface area contributed by atoms with Crippen LogP contribution in [0.4, 0.5) is 0 Å². The fourth-order valence-electron chi connectivity index (χ4n) is 0.0408. The van der Waals surface area contributed by atoms with Gasteiger partial charge in [0.2, 0.25) is 0 Å². The van der Waals surface area contributed by atoms with E-state index in [2.05, 4.69) is 29.7 Å². The Labute approximate surface area is 42.7 Å². The molecule has 0 aromatic rings. The topological polar surface area (TPSA) is 9.23 Å². The molecule has 0 aliphatic carbocycles. The molecule has 3 heteroatoms. The molecule has 0 spiro atoms. The molecule has 1 nitrogen and oxygen atoms in total. The highest BCUT2D eigenvalue weighted by Gasteiger charge is 1.68. The summed E-state index contributed by atoms with van der Waals surface area (Å²) < 4.78 is 4.31. The van der Waals surface area contributed by atoms with Gasteiger partial charge in [0.25, 0.3) is 0 Å². The van der Waals surface area contributed by atoms with Crippen LogP contribution in [0, 0.1) is 0 Å². The molecule has 0 saturated carbocycles. The van der Waals surface area contributed by atoms with Crippen molar-refractivity contribution in [1.82, 2.24) is 0 Å². The van der Waals surface area contributed by atoms with E-state index in [0.29, 0.717) is 6.61 Å². The smallest absolute Gasteiger partial charge is 0.0698 e. The number of hydrogen-bond acceptors (Lipinski definition) is 3. The van der Waals surface area contributed by atoms with E-state index in [9.17, 15) is 0 Å². The Hall–Kier alpha value is 0.660. The highest BCUT2D eigenvalue weighted by Crippen LogP contribution is 1.77. The van der Waals surface area contributed by atoms with Gasteiger partial charge in [0.05, 0.1) is 6.61 Å². The molecular formula is C2H6OS2. The number of hydrogen-bond donors (Lipinski definition) is 2. The first-order valence-corrected chi connectivity index (χ1v) is 2.29. The van der Waals surface area contributed by atoms with Gasteiger partial charge < -0.3 is 4.18 Å². The number of thiol groups is 2. The van der Waals surface area contributed by atoms with Gasteiger partial charge in [-0.1, -0.05) is 0 Å². The van der Waals surface area contributed by atoms with Crippen LogP contribution in [-0.4, -0.2) is 12.4 Å². The Balaban J connectivity index is 2.19. The lowest BCUT2D eigenvalue weighted by Gasteiger charge is -1.81. The Morgan fingerprint density at radius 3 is 2.20 bits per heavy atom. The quantitative estimate of drug-likeness (QED) is 0.394. The minimum atomic E-state index is 0.617. The van der Waals surface area contributed by atoms with Crippen LogP contribution in [0.1, 0.15) is 0 Å². The van der Waals surface area contributed by atoms with Crippen LogP contribution < -0.4 is 0 Å². The average Bonchev–Trinajstić information content (AvgIpc) is 1.41. The van der Waals surface area contributed by atoms with Gasteiger partial charge in [-0.2, -0.15) is 12.6 Å². The Morgan fingerprint density at radius 1 is 1.60 bits per heavy atom. The van der Waals surface area contributed by atoms with Crippen molar-refractivity contribution in [3.05, 3.63) is 0 Å². The Kier molecular flexibility index (Phi) is 5.28. The molecule has 0 rings (SSSR count). The molecule has 0 saturated heterocycles. The SMILES string of the molecule is SCCOS. The van der Waals surface area contributed by atoms with Crippen molar-refractivity contribution in [2.24, 2.45) is 0 Å². The van der Waals surface area contributed by atoms with Crippen LogP contribution in [0.3, 0.4) is 0 Å². The van der Waals surface area contributed by atoms with Gasteiger partial charge >= 0.3 is 0 Å². The van der Waals surface area contributed by atoms with Crippen molar-refractivity contribution >= 4 is 25.5 Å². The van der Waals surface area contributed by atoms with E-state index in [0.717, 1.165) is 5.75 Å². The zero-order chi connectivity index (χ0) is 4.12. The van der Waals surface area contributed by atoms with E-state index >= 15 is 0 Å². The van der Waals surface area contributed by atoms with E-state index in [1.165, 1.54) is 0 Å². The van der Waals surface area contributed by atoms with Crippen molar-refractivity contribution in [2.75, 3.05) is 12.4 Å². The second-order valence-electron chi connectivity index (χ2n) is 0.557. The molecule has 0 aromatic heterocycles. The third-order valence-electron chi connectivity index (χ3n) is 0.183. The lowest BCUT2D eigenvalue weighted by Crippen LogP contribution is -1.80. The first-order valence-electron chi connectivity index (χ1n) is 1.29. The normalized spacial score (nSPS) is 8.40. The third-order valence-corrected chi connectivity index (χ3v) is 0.548. The van der Waals surface area contributed by atoms with Crippen LogP contribution in [-0.2, 0) is 4.18 Å². The minimum absolute atomic E-state index is 0.617. The summed E-state index contributed by atoms with van der Waals surface area (Å²) in [6, 6.07) is 0. The summed E-state index contributed by atoms with van der Waals surface area (Å²) in [6.07, 6.45) is 0. The second-order valence-corrected chi connectivity index (χ2v) is 1.26. The summed E-state index contributed by atoms with van der Waals surface area (Å²) in [5.74, 6) is 0.740. The summed E-state index contributed by atoms with van der Waals surface area (Å²) in [4.78, 5) is 0. The predicted molar refractivity (Wildman–Crippen MR) is 28.8 cm³/mol. The van der Waals surface area contributed by atoms with Gasteiger partial charge in [-0.15, -0.1) is 0 Å². The molecule has 0 fully saturated rings. The maximum Gasteiger partial charge on any atom is 0.0698 e. The van der Waals surface area contributed by atoms with Crippen LogP contribution in [0.25, 0.3) is 0 Å². The summed E-state index contributed by atoms with van der Waals surface area (Å²) in [5.41, 5.74) is 0. The Morgan fingerprint density at radius 2 is 2.20 bits per heavy atom. The van der Waals surface area contributed by atoms with Crippen LogP contribution in [0.2, 0.25) is 0 Å². The standard InChI is InChI=1S/C2H6OS2/c4-2-1-3-5/h4-5H,1-2H2. The van der Waals surface area contributed by atoms with Crippen molar-refractivity contribution in [2.45, 2.75) is 0 Å². The molecule has 0 heterocycles. The van der Waals surface area contributed by atoms with Crippen molar-refractivity contribution < 1.29 is 4.18 Å². The summed E-state index contributed by atoms with van der Waals surface area (Å²) in [6.45, 7) is 0.617. The first kappa shape index (κ1) is 5.66. The van der Waals surface area contributed by atoms with Crippen molar-refractivity contribution in [3.63, 3.8) is 0 Å². The van der Waals surface area contributed by atoms with Crippen LogP contribution >= 0.6 is 25.5 Å². The fraction of sp³-hybridized carbons (Fsp3) is 1.00. The highest BCUT2D eigenvalue weighted by atomic mass is 32.1. The minimum Gasteiger partial charge on any atom is -0.318 e. The van der Waals surface area contributed by atoms with E-state index in [1.54, 1.807) is 0 Å². The summed E-state index contributed by atoms with van der Waals surface area (Å²) in [7, 11) is 0. The lowest BCUT2D eigenvalue weighted by molar-refractivity contribution is 0.415. The summed E-state index contributed by atoms with van der Waals surface area (Å²) >= 11 is 7.28. The van der Waals surface area contributed by atoms with Gasteiger partial charge in [-0.25, -0.2) is 0 Å². The molecule has 0 amide bonds. The van der Waals surface area contributed by atoms with E-state index in [-0.39, 0.29) is 0 Å².